The van der Waals surface area contributed by atoms with E-state index in [1.165, 1.54) is 6.07 Å². The van der Waals surface area contributed by atoms with E-state index >= 15 is 0 Å². The molecule has 1 aliphatic rings. The van der Waals surface area contributed by atoms with Gasteiger partial charge in [-0.1, -0.05) is 37.3 Å². The Balaban J connectivity index is 2.04. The van der Waals surface area contributed by atoms with Crippen LogP contribution in [0, 0.1) is 11.0 Å². The zero-order valence-corrected chi connectivity index (χ0v) is 12.5. The van der Waals surface area contributed by atoms with Crippen molar-refractivity contribution in [2.45, 2.75) is 32.4 Å². The molecule has 108 valence electrons. The first kappa shape index (κ1) is 15.3. The van der Waals surface area contributed by atoms with Crippen molar-refractivity contribution in [3.8, 4) is 0 Å². The number of hydroxylamine groups is 2. The molecule has 0 aliphatic heterocycles. The van der Waals surface area contributed by atoms with E-state index in [1.54, 1.807) is 30.0 Å². The van der Waals surface area contributed by atoms with Crippen LogP contribution in [0.3, 0.4) is 0 Å². The Morgan fingerprint density at radius 2 is 2.20 bits per heavy atom. The largest absolute Gasteiger partial charge is 0.634 e. The van der Waals surface area contributed by atoms with E-state index in [0.717, 1.165) is 23.5 Å². The molecule has 1 aliphatic carbocycles. The number of allylic oxidation sites excluding steroid dienone is 2. The number of hydrogen-bond acceptors (Lipinski definition) is 2. The molecule has 2 atom stereocenters. The van der Waals surface area contributed by atoms with Crippen LogP contribution < -0.4 is 5.06 Å². The van der Waals surface area contributed by atoms with Gasteiger partial charge in [0.25, 0.3) is 0 Å². The van der Waals surface area contributed by atoms with Crippen molar-refractivity contribution in [2.75, 3.05) is 5.75 Å². The highest BCUT2D eigenvalue weighted by atomic mass is 32.2. The van der Waals surface area contributed by atoms with Crippen LogP contribution in [0.25, 0.3) is 0 Å². The lowest BCUT2D eigenvalue weighted by molar-refractivity contribution is -0.882. The molecule has 2 rings (SSSR count). The average molecular weight is 293 g/mol. The van der Waals surface area contributed by atoms with E-state index in [0.29, 0.717) is 5.56 Å². The van der Waals surface area contributed by atoms with Crippen LogP contribution in [0.15, 0.2) is 47.4 Å². The molecule has 0 saturated carbocycles. The molecule has 0 fully saturated rings. The Labute approximate surface area is 123 Å². The molecule has 4 heteroatoms. The van der Waals surface area contributed by atoms with Crippen LogP contribution in [-0.4, -0.2) is 11.8 Å². The highest BCUT2D eigenvalue weighted by Crippen LogP contribution is 2.24. The second kappa shape index (κ2) is 7.62. The number of hydrogen-bond donors (Lipinski definition) is 1. The van der Waals surface area contributed by atoms with Gasteiger partial charge < -0.3 is 10.3 Å². The van der Waals surface area contributed by atoms with E-state index < -0.39 is 0 Å². The zero-order valence-electron chi connectivity index (χ0n) is 11.6. The van der Waals surface area contributed by atoms with Crippen LogP contribution in [0.2, 0.25) is 0 Å². The van der Waals surface area contributed by atoms with E-state index in [4.69, 9.17) is 0 Å². The lowest BCUT2D eigenvalue weighted by Crippen LogP contribution is -3.10. The number of rotatable bonds is 6. The molecule has 0 saturated heterocycles. The summed E-state index contributed by atoms with van der Waals surface area (Å²) in [5, 5.41) is 12.5. The van der Waals surface area contributed by atoms with Gasteiger partial charge in [0.15, 0.2) is 0 Å². The van der Waals surface area contributed by atoms with E-state index in [2.05, 4.69) is 6.92 Å². The minimum atomic E-state index is -0.293. The molecule has 0 heterocycles. The van der Waals surface area contributed by atoms with Gasteiger partial charge in [-0.25, -0.2) is 4.39 Å². The first-order chi connectivity index (χ1) is 9.72. The number of benzene rings is 1. The fraction of sp³-hybridized carbons (Fsp3) is 0.375. The molecule has 1 aromatic carbocycles. The standard InChI is InChI=1S/C16H20FNOS/c1-2-11-20-16-10-6-5-9-15(16)18(19)12-13-7-3-4-8-14(13)17/h3-8,10,15,18H,2,9,11-12H2,1H3. The molecular weight excluding hydrogens is 273 g/mol. The summed E-state index contributed by atoms with van der Waals surface area (Å²) < 4.78 is 13.6. The number of quaternary nitrogens is 1. The van der Waals surface area contributed by atoms with Gasteiger partial charge in [-0.05, 0) is 24.3 Å². The number of thioether (sulfide) groups is 1. The summed E-state index contributed by atoms with van der Waals surface area (Å²) in [5.41, 5.74) is 0.492. The summed E-state index contributed by atoms with van der Waals surface area (Å²) in [6, 6.07) is 6.42. The van der Waals surface area contributed by atoms with E-state index in [1.807, 2.05) is 18.2 Å². The lowest BCUT2D eigenvalue weighted by Gasteiger charge is -2.33. The lowest BCUT2D eigenvalue weighted by atomic mass is 10.1. The van der Waals surface area contributed by atoms with Crippen LogP contribution in [-0.2, 0) is 6.54 Å². The van der Waals surface area contributed by atoms with Crippen molar-refractivity contribution in [1.29, 1.82) is 0 Å². The molecule has 2 unspecified atom stereocenters. The van der Waals surface area contributed by atoms with Crippen LogP contribution >= 0.6 is 11.8 Å². The molecule has 0 bridgehead atoms. The second-order valence-electron chi connectivity index (χ2n) is 4.87. The van der Waals surface area contributed by atoms with Gasteiger partial charge in [0.1, 0.15) is 18.4 Å². The molecule has 2 nitrogen and oxygen atoms in total. The van der Waals surface area contributed by atoms with Crippen LogP contribution in [0.1, 0.15) is 25.3 Å². The summed E-state index contributed by atoms with van der Waals surface area (Å²) in [4.78, 5) is 1.12. The molecule has 0 aromatic heterocycles. The van der Waals surface area contributed by atoms with Crippen molar-refractivity contribution < 1.29 is 9.45 Å². The van der Waals surface area contributed by atoms with Crippen LogP contribution in [0.5, 0.6) is 0 Å². The first-order valence-corrected chi connectivity index (χ1v) is 7.96. The third-order valence-corrected chi connectivity index (χ3v) is 4.66. The van der Waals surface area contributed by atoms with Crippen molar-refractivity contribution in [1.82, 2.24) is 0 Å². The van der Waals surface area contributed by atoms with Crippen molar-refractivity contribution in [3.63, 3.8) is 0 Å². The summed E-state index contributed by atoms with van der Waals surface area (Å²) in [7, 11) is 0. The Hall–Kier alpha value is -1.10. The average Bonchev–Trinajstić information content (AvgIpc) is 2.47. The zero-order chi connectivity index (χ0) is 14.4. The third kappa shape index (κ3) is 3.95. The van der Waals surface area contributed by atoms with E-state index in [-0.39, 0.29) is 23.5 Å². The predicted molar refractivity (Wildman–Crippen MR) is 82.8 cm³/mol. The highest BCUT2D eigenvalue weighted by Gasteiger charge is 2.22. The van der Waals surface area contributed by atoms with Gasteiger partial charge in [-0.15, -0.1) is 11.8 Å². The summed E-state index contributed by atoms with van der Waals surface area (Å²) in [5.74, 6) is 0.724. The summed E-state index contributed by atoms with van der Waals surface area (Å²) in [6.45, 7) is 2.30. The second-order valence-corrected chi connectivity index (χ2v) is 6.04. The monoisotopic (exact) mass is 293 g/mol. The maximum atomic E-state index is 13.6. The molecule has 1 aromatic rings. The third-order valence-electron chi connectivity index (χ3n) is 3.30. The van der Waals surface area contributed by atoms with Gasteiger partial charge in [-0.3, -0.25) is 0 Å². The minimum Gasteiger partial charge on any atom is -0.634 e. The molecular formula is C16H20FNOS. The molecule has 1 N–H and O–H groups in total. The van der Waals surface area contributed by atoms with Gasteiger partial charge in [-0.2, -0.15) is 0 Å². The van der Waals surface area contributed by atoms with Crippen molar-refractivity contribution >= 4 is 11.8 Å². The van der Waals surface area contributed by atoms with Gasteiger partial charge in [0, 0.05) is 16.9 Å². The Morgan fingerprint density at radius 1 is 1.40 bits per heavy atom. The van der Waals surface area contributed by atoms with Crippen molar-refractivity contribution in [2.24, 2.45) is 0 Å². The van der Waals surface area contributed by atoms with Gasteiger partial charge >= 0.3 is 0 Å². The topological polar surface area (TPSA) is 27.5 Å². The van der Waals surface area contributed by atoms with Gasteiger partial charge in [0.2, 0.25) is 0 Å². The molecule has 0 spiro atoms. The molecule has 0 amide bonds. The van der Waals surface area contributed by atoms with Crippen molar-refractivity contribution in [3.05, 3.63) is 64.0 Å². The number of halogens is 1. The summed E-state index contributed by atoms with van der Waals surface area (Å²) in [6.07, 6.45) is 7.86. The predicted octanol–water partition coefficient (Wildman–Crippen LogP) is 3.06. The fourth-order valence-electron chi connectivity index (χ4n) is 2.22. The maximum Gasteiger partial charge on any atom is 0.132 e. The molecule has 20 heavy (non-hydrogen) atoms. The SMILES string of the molecule is CCCSC1=CC=CCC1[NH+]([O-])Cc1ccccc1F. The van der Waals surface area contributed by atoms with Gasteiger partial charge in [0.05, 0.1) is 0 Å². The smallest absolute Gasteiger partial charge is 0.132 e. The van der Waals surface area contributed by atoms with Crippen LogP contribution in [0.4, 0.5) is 4.39 Å². The highest BCUT2D eigenvalue weighted by molar-refractivity contribution is 8.03. The minimum absolute atomic E-state index is 0.101. The maximum absolute atomic E-state index is 13.6. The fourth-order valence-corrected chi connectivity index (χ4v) is 3.26. The Kier molecular flexibility index (Phi) is 5.83. The normalized spacial score (nSPS) is 19.8. The Morgan fingerprint density at radius 3 is 2.95 bits per heavy atom. The molecule has 0 radical (unpaired) electrons. The summed E-state index contributed by atoms with van der Waals surface area (Å²) >= 11 is 1.74. The Bertz CT molecular complexity index is 501. The van der Waals surface area contributed by atoms with E-state index in [9.17, 15) is 9.60 Å². The quantitative estimate of drug-likeness (QED) is 0.816. The number of nitrogens with one attached hydrogen (secondary N) is 1. The first-order valence-electron chi connectivity index (χ1n) is 6.98.